The predicted octanol–water partition coefficient (Wildman–Crippen LogP) is 2.92. The van der Waals surface area contributed by atoms with Crippen molar-refractivity contribution in [2.75, 3.05) is 26.2 Å². The number of piperazine rings is 1. The van der Waals surface area contributed by atoms with Crippen LogP contribution in [0, 0.1) is 6.92 Å². The second kappa shape index (κ2) is 7.19. The molecule has 0 atom stereocenters. The van der Waals surface area contributed by atoms with E-state index in [1.54, 1.807) is 29.2 Å². The molecule has 0 spiro atoms. The Hall–Kier alpha value is -2.01. The van der Waals surface area contributed by atoms with Gasteiger partial charge in [0.05, 0.1) is 21.8 Å². The molecule has 4 heterocycles. The standard InChI is InChI=1S/C17H17N3O4S3/c1-12-18-13(11-25-12)15-4-5-16(26-15)27(22,23)20-8-6-19(7-9-20)17(21)14-3-2-10-24-14/h2-5,10-11H,6-9H2,1H3. The number of hydrogen-bond donors (Lipinski definition) is 0. The van der Waals surface area contributed by atoms with Gasteiger partial charge in [0.15, 0.2) is 5.76 Å². The quantitative estimate of drug-likeness (QED) is 0.644. The molecule has 0 N–H and O–H groups in total. The molecule has 7 nitrogen and oxygen atoms in total. The van der Waals surface area contributed by atoms with Crippen molar-refractivity contribution in [3.05, 3.63) is 46.7 Å². The molecule has 27 heavy (non-hydrogen) atoms. The summed E-state index contributed by atoms with van der Waals surface area (Å²) in [5.41, 5.74) is 0.804. The summed E-state index contributed by atoms with van der Waals surface area (Å²) < 4.78 is 32.7. The summed E-state index contributed by atoms with van der Waals surface area (Å²) in [7, 11) is -3.58. The van der Waals surface area contributed by atoms with E-state index >= 15 is 0 Å². The van der Waals surface area contributed by atoms with Gasteiger partial charge in [-0.15, -0.1) is 22.7 Å². The van der Waals surface area contributed by atoms with E-state index in [1.807, 2.05) is 12.3 Å². The fourth-order valence-electron chi connectivity index (χ4n) is 2.89. The molecule has 0 aliphatic carbocycles. The molecule has 0 bridgehead atoms. The van der Waals surface area contributed by atoms with Crippen molar-refractivity contribution < 1.29 is 17.6 Å². The van der Waals surface area contributed by atoms with E-state index in [0.29, 0.717) is 17.3 Å². The van der Waals surface area contributed by atoms with Gasteiger partial charge in [-0.3, -0.25) is 4.79 Å². The monoisotopic (exact) mass is 423 g/mol. The van der Waals surface area contributed by atoms with Crippen molar-refractivity contribution in [3.63, 3.8) is 0 Å². The molecule has 142 valence electrons. The maximum absolute atomic E-state index is 12.9. The first kappa shape index (κ1) is 18.4. The van der Waals surface area contributed by atoms with Crippen LogP contribution >= 0.6 is 22.7 Å². The van der Waals surface area contributed by atoms with Gasteiger partial charge in [-0.25, -0.2) is 13.4 Å². The minimum Gasteiger partial charge on any atom is -0.459 e. The van der Waals surface area contributed by atoms with Gasteiger partial charge in [0.25, 0.3) is 15.9 Å². The number of thiophene rings is 1. The van der Waals surface area contributed by atoms with Gasteiger partial charge < -0.3 is 9.32 Å². The normalized spacial score (nSPS) is 16.0. The Balaban J connectivity index is 1.46. The minimum absolute atomic E-state index is 0.214. The number of nitrogens with zero attached hydrogens (tertiary/aromatic N) is 3. The third-order valence-electron chi connectivity index (χ3n) is 4.30. The van der Waals surface area contributed by atoms with Crippen molar-refractivity contribution in [1.29, 1.82) is 0 Å². The van der Waals surface area contributed by atoms with E-state index < -0.39 is 10.0 Å². The molecule has 1 aliphatic rings. The van der Waals surface area contributed by atoms with Gasteiger partial charge in [-0.05, 0) is 31.2 Å². The van der Waals surface area contributed by atoms with Crippen LogP contribution in [0.2, 0.25) is 0 Å². The molecule has 1 aliphatic heterocycles. The van der Waals surface area contributed by atoms with E-state index in [9.17, 15) is 13.2 Å². The van der Waals surface area contributed by atoms with Crippen molar-refractivity contribution >= 4 is 38.6 Å². The number of aromatic nitrogens is 1. The summed E-state index contributed by atoms with van der Waals surface area (Å²) in [6.07, 6.45) is 1.45. The van der Waals surface area contributed by atoms with Crippen molar-refractivity contribution in [2.45, 2.75) is 11.1 Å². The number of furan rings is 1. The maximum atomic E-state index is 12.9. The summed E-state index contributed by atoms with van der Waals surface area (Å²) in [6.45, 7) is 3.11. The molecule has 0 aromatic carbocycles. The topological polar surface area (TPSA) is 83.7 Å². The molecule has 0 unspecified atom stereocenters. The van der Waals surface area contributed by atoms with Gasteiger partial charge in [-0.1, -0.05) is 0 Å². The molecule has 3 aromatic heterocycles. The van der Waals surface area contributed by atoms with Gasteiger partial charge in [0.1, 0.15) is 4.21 Å². The number of hydrogen-bond acceptors (Lipinski definition) is 7. The van der Waals surface area contributed by atoms with Crippen molar-refractivity contribution in [2.24, 2.45) is 0 Å². The van der Waals surface area contributed by atoms with Gasteiger partial charge >= 0.3 is 0 Å². The molecule has 0 saturated carbocycles. The fourth-order valence-corrected chi connectivity index (χ4v) is 6.42. The lowest BCUT2D eigenvalue weighted by molar-refractivity contribution is 0.0666. The Bertz CT molecular complexity index is 1050. The average molecular weight is 424 g/mol. The highest BCUT2D eigenvalue weighted by atomic mass is 32.2. The van der Waals surface area contributed by atoms with Gasteiger partial charge in [0, 0.05) is 31.6 Å². The highest BCUT2D eigenvalue weighted by Gasteiger charge is 2.32. The molecule has 1 fully saturated rings. The fraction of sp³-hybridized carbons (Fsp3) is 0.294. The van der Waals surface area contributed by atoms with Crippen LogP contribution in [0.15, 0.2) is 44.5 Å². The van der Waals surface area contributed by atoms with Crippen LogP contribution in [0.25, 0.3) is 10.6 Å². The zero-order valence-electron chi connectivity index (χ0n) is 14.5. The summed E-state index contributed by atoms with van der Waals surface area (Å²) in [6, 6.07) is 6.69. The Morgan fingerprint density at radius 3 is 2.59 bits per heavy atom. The van der Waals surface area contributed by atoms with Crippen molar-refractivity contribution in [1.82, 2.24) is 14.2 Å². The molecule has 1 amide bonds. The Labute approximate surface area is 164 Å². The van der Waals surface area contributed by atoms with E-state index in [1.165, 1.54) is 33.2 Å². The summed E-state index contributed by atoms with van der Waals surface area (Å²) >= 11 is 2.76. The highest BCUT2D eigenvalue weighted by molar-refractivity contribution is 7.91. The third kappa shape index (κ3) is 3.57. The molecule has 3 aromatic rings. The van der Waals surface area contributed by atoms with Crippen LogP contribution in [0.4, 0.5) is 0 Å². The average Bonchev–Trinajstić information content (AvgIpc) is 3.42. The highest BCUT2D eigenvalue weighted by Crippen LogP contribution is 2.33. The lowest BCUT2D eigenvalue weighted by Gasteiger charge is -2.33. The largest absolute Gasteiger partial charge is 0.459 e. The third-order valence-corrected chi connectivity index (χ3v) is 8.55. The molecule has 4 rings (SSSR count). The van der Waals surface area contributed by atoms with Crippen LogP contribution in [0.5, 0.6) is 0 Å². The zero-order chi connectivity index (χ0) is 19.0. The zero-order valence-corrected chi connectivity index (χ0v) is 16.9. The van der Waals surface area contributed by atoms with Crippen LogP contribution in [-0.2, 0) is 10.0 Å². The molecular weight excluding hydrogens is 406 g/mol. The van der Waals surface area contributed by atoms with Gasteiger partial charge in [-0.2, -0.15) is 4.31 Å². The van der Waals surface area contributed by atoms with E-state index in [4.69, 9.17) is 4.42 Å². The number of thiazole rings is 1. The summed E-state index contributed by atoms with van der Waals surface area (Å²) in [4.78, 5) is 19.2. The number of aryl methyl sites for hydroxylation is 1. The number of carbonyl (C=O) groups excluding carboxylic acids is 1. The van der Waals surface area contributed by atoms with E-state index in [2.05, 4.69) is 4.98 Å². The number of carbonyl (C=O) groups is 1. The SMILES string of the molecule is Cc1nc(-c2ccc(S(=O)(=O)N3CCN(C(=O)c4ccco4)CC3)s2)cs1. The predicted molar refractivity (Wildman–Crippen MR) is 104 cm³/mol. The summed E-state index contributed by atoms with van der Waals surface area (Å²) in [5.74, 6) is 0.0575. The second-order valence-corrected chi connectivity index (χ2v) is 10.4. The Morgan fingerprint density at radius 1 is 1.19 bits per heavy atom. The Morgan fingerprint density at radius 2 is 1.96 bits per heavy atom. The second-order valence-electron chi connectivity index (χ2n) is 6.04. The molecule has 1 saturated heterocycles. The van der Waals surface area contributed by atoms with Crippen molar-refractivity contribution in [3.8, 4) is 10.6 Å². The first-order chi connectivity index (χ1) is 12.9. The smallest absolute Gasteiger partial charge is 0.289 e. The molecule has 10 heteroatoms. The minimum atomic E-state index is -3.58. The molecule has 0 radical (unpaired) electrons. The van der Waals surface area contributed by atoms with Gasteiger partial charge in [0.2, 0.25) is 0 Å². The van der Waals surface area contributed by atoms with Crippen LogP contribution in [0.1, 0.15) is 15.6 Å². The molecular formula is C17H17N3O4S3. The van der Waals surface area contributed by atoms with E-state index in [0.717, 1.165) is 15.6 Å². The lowest BCUT2D eigenvalue weighted by Crippen LogP contribution is -2.50. The summed E-state index contributed by atoms with van der Waals surface area (Å²) in [5, 5.41) is 2.87. The number of sulfonamides is 1. The number of amides is 1. The van der Waals surface area contributed by atoms with Crippen LogP contribution in [-0.4, -0.2) is 54.7 Å². The lowest BCUT2D eigenvalue weighted by atomic mass is 10.3. The van der Waals surface area contributed by atoms with E-state index in [-0.39, 0.29) is 24.8 Å². The first-order valence-electron chi connectivity index (χ1n) is 8.30. The maximum Gasteiger partial charge on any atom is 0.289 e. The first-order valence-corrected chi connectivity index (χ1v) is 11.4. The van der Waals surface area contributed by atoms with Crippen LogP contribution in [0.3, 0.4) is 0 Å². The number of rotatable bonds is 4. The van der Waals surface area contributed by atoms with Crippen LogP contribution < -0.4 is 0 Å². The Kier molecular flexibility index (Phi) is 4.89.